The molecule has 2 rings (SSSR count). The van der Waals surface area contributed by atoms with E-state index in [1.165, 1.54) is 12.8 Å². The molecule has 3 nitrogen and oxygen atoms in total. The molecule has 3 heteroatoms. The molecule has 2 aliphatic heterocycles. The average Bonchev–Trinajstić information content (AvgIpc) is 2.49. The lowest BCUT2D eigenvalue weighted by molar-refractivity contribution is -0.131. The van der Waals surface area contributed by atoms with Gasteiger partial charge in [-0.25, -0.2) is 0 Å². The van der Waals surface area contributed by atoms with Gasteiger partial charge in [-0.15, -0.1) is 0 Å². The van der Waals surface area contributed by atoms with Crippen LogP contribution < -0.4 is 5.32 Å². The summed E-state index contributed by atoms with van der Waals surface area (Å²) in [5.74, 6) is 0.326. The van der Waals surface area contributed by atoms with Crippen LogP contribution in [0.15, 0.2) is 0 Å². The van der Waals surface area contributed by atoms with Crippen molar-refractivity contribution in [1.82, 2.24) is 10.2 Å². The number of hydrogen-bond acceptors (Lipinski definition) is 2. The molecule has 0 aromatic carbocycles. The van der Waals surface area contributed by atoms with Crippen LogP contribution in [0, 0.1) is 0 Å². The van der Waals surface area contributed by atoms with Crippen LogP contribution in [-0.2, 0) is 4.79 Å². The lowest BCUT2D eigenvalue weighted by Gasteiger charge is -2.46. The van der Waals surface area contributed by atoms with Crippen LogP contribution in [0.3, 0.4) is 0 Å². The third-order valence-corrected chi connectivity index (χ3v) is 4.05. The number of piperidine rings is 1. The maximum absolute atomic E-state index is 11.6. The minimum atomic E-state index is 0.143. The van der Waals surface area contributed by atoms with E-state index < -0.39 is 0 Å². The second-order valence-corrected chi connectivity index (χ2v) is 4.57. The van der Waals surface area contributed by atoms with Gasteiger partial charge in [0.2, 0.25) is 5.91 Å². The molecule has 2 heterocycles. The summed E-state index contributed by atoms with van der Waals surface area (Å²) in [5.41, 5.74) is 0.143. The summed E-state index contributed by atoms with van der Waals surface area (Å²) in [6.07, 6.45) is 5.30. The maximum Gasteiger partial charge on any atom is 0.222 e. The van der Waals surface area contributed by atoms with Gasteiger partial charge >= 0.3 is 0 Å². The largest absolute Gasteiger partial charge is 0.338 e. The van der Waals surface area contributed by atoms with Crippen molar-refractivity contribution in [3.05, 3.63) is 0 Å². The fourth-order valence-electron chi connectivity index (χ4n) is 3.17. The molecule has 0 aromatic heterocycles. The number of likely N-dealkylation sites (tertiary alicyclic amines) is 1. The fraction of sp³-hybridized carbons (Fsp3) is 0.909. The number of likely N-dealkylation sites (N-methyl/N-ethyl adjacent to an activating group) is 1. The Hall–Kier alpha value is -0.570. The van der Waals surface area contributed by atoms with E-state index in [-0.39, 0.29) is 5.54 Å². The summed E-state index contributed by atoms with van der Waals surface area (Å²) >= 11 is 0. The van der Waals surface area contributed by atoms with Gasteiger partial charge in [-0.05, 0) is 32.2 Å². The van der Waals surface area contributed by atoms with E-state index in [0.717, 1.165) is 25.8 Å². The number of rotatable bonds is 1. The standard InChI is InChI=1S/C11H20N2O/c1-3-9-11(6-4-8-12-9)7-5-10(14)13(11)2/h9,12H,3-8H2,1-2H3/t9-,11-/m0/s1. The molecule has 0 bridgehead atoms. The van der Waals surface area contributed by atoms with Crippen molar-refractivity contribution in [2.75, 3.05) is 13.6 Å². The molecule has 0 aromatic rings. The lowest BCUT2D eigenvalue weighted by Crippen LogP contribution is -2.60. The Morgan fingerprint density at radius 2 is 2.36 bits per heavy atom. The molecule has 0 aliphatic carbocycles. The van der Waals surface area contributed by atoms with Crippen LogP contribution in [0.25, 0.3) is 0 Å². The molecule has 1 amide bonds. The molecule has 2 fully saturated rings. The van der Waals surface area contributed by atoms with Gasteiger partial charge in [0.25, 0.3) is 0 Å². The predicted molar refractivity (Wildman–Crippen MR) is 56.1 cm³/mol. The quantitative estimate of drug-likeness (QED) is 0.682. The molecule has 2 aliphatic rings. The Labute approximate surface area is 85.8 Å². The highest BCUT2D eigenvalue weighted by atomic mass is 16.2. The first-order valence-electron chi connectivity index (χ1n) is 5.71. The predicted octanol–water partition coefficient (Wildman–Crippen LogP) is 1.14. The van der Waals surface area contributed by atoms with Crippen molar-refractivity contribution in [1.29, 1.82) is 0 Å². The molecule has 0 radical (unpaired) electrons. The summed E-state index contributed by atoms with van der Waals surface area (Å²) in [6.45, 7) is 3.32. The number of hydrogen-bond donors (Lipinski definition) is 1. The first-order valence-corrected chi connectivity index (χ1v) is 5.71. The highest BCUT2D eigenvalue weighted by molar-refractivity contribution is 5.79. The third kappa shape index (κ3) is 1.26. The molecule has 1 N–H and O–H groups in total. The topological polar surface area (TPSA) is 32.3 Å². The number of carbonyl (C=O) groups is 1. The van der Waals surface area contributed by atoms with E-state index in [1.807, 2.05) is 11.9 Å². The summed E-state index contributed by atoms with van der Waals surface area (Å²) in [6, 6.07) is 0.507. The Balaban J connectivity index is 2.23. The van der Waals surface area contributed by atoms with Crippen LogP contribution in [0.5, 0.6) is 0 Å². The van der Waals surface area contributed by atoms with E-state index in [4.69, 9.17) is 0 Å². The Bertz CT molecular complexity index is 241. The van der Waals surface area contributed by atoms with Gasteiger partial charge < -0.3 is 10.2 Å². The van der Waals surface area contributed by atoms with Crippen molar-refractivity contribution in [3.8, 4) is 0 Å². The van der Waals surface area contributed by atoms with Gasteiger partial charge in [0.15, 0.2) is 0 Å². The van der Waals surface area contributed by atoms with E-state index in [9.17, 15) is 4.79 Å². The highest BCUT2D eigenvalue weighted by Gasteiger charge is 2.48. The molecular weight excluding hydrogens is 176 g/mol. The van der Waals surface area contributed by atoms with Gasteiger partial charge in [0.1, 0.15) is 0 Å². The maximum atomic E-state index is 11.6. The lowest BCUT2D eigenvalue weighted by atomic mass is 9.79. The fourth-order valence-corrected chi connectivity index (χ4v) is 3.17. The Kier molecular flexibility index (Phi) is 2.52. The van der Waals surface area contributed by atoms with E-state index in [2.05, 4.69) is 12.2 Å². The Morgan fingerprint density at radius 3 is 2.93 bits per heavy atom. The van der Waals surface area contributed by atoms with Crippen LogP contribution in [0.2, 0.25) is 0 Å². The van der Waals surface area contributed by atoms with Crippen molar-refractivity contribution >= 4 is 5.91 Å². The zero-order valence-corrected chi connectivity index (χ0v) is 9.18. The monoisotopic (exact) mass is 196 g/mol. The Morgan fingerprint density at radius 1 is 1.57 bits per heavy atom. The van der Waals surface area contributed by atoms with Crippen LogP contribution in [-0.4, -0.2) is 36.0 Å². The van der Waals surface area contributed by atoms with Crippen molar-refractivity contribution < 1.29 is 4.79 Å². The van der Waals surface area contributed by atoms with Gasteiger partial charge in [0, 0.05) is 19.5 Å². The third-order valence-electron chi connectivity index (χ3n) is 4.05. The van der Waals surface area contributed by atoms with Gasteiger partial charge in [-0.2, -0.15) is 0 Å². The van der Waals surface area contributed by atoms with Crippen LogP contribution >= 0.6 is 0 Å². The highest BCUT2D eigenvalue weighted by Crippen LogP contribution is 2.38. The molecule has 0 saturated carbocycles. The SMILES string of the molecule is CC[C@@H]1NCCC[C@]12CCC(=O)N2C. The summed E-state index contributed by atoms with van der Waals surface area (Å²) < 4.78 is 0. The molecule has 80 valence electrons. The number of nitrogens with zero attached hydrogens (tertiary/aromatic N) is 1. The van der Waals surface area contributed by atoms with E-state index in [1.54, 1.807) is 0 Å². The molecular formula is C11H20N2O. The smallest absolute Gasteiger partial charge is 0.222 e. The first kappa shape index (κ1) is 9.97. The minimum Gasteiger partial charge on any atom is -0.338 e. The van der Waals surface area contributed by atoms with Crippen LogP contribution in [0.1, 0.15) is 39.0 Å². The van der Waals surface area contributed by atoms with Gasteiger partial charge in [0.05, 0.1) is 5.54 Å². The second-order valence-electron chi connectivity index (χ2n) is 4.57. The minimum absolute atomic E-state index is 0.143. The summed E-state index contributed by atoms with van der Waals surface area (Å²) in [5, 5.41) is 3.56. The van der Waals surface area contributed by atoms with Crippen LogP contribution in [0.4, 0.5) is 0 Å². The van der Waals surface area contributed by atoms with E-state index in [0.29, 0.717) is 11.9 Å². The molecule has 1 spiro atoms. The van der Waals surface area contributed by atoms with Gasteiger partial charge in [-0.1, -0.05) is 6.92 Å². The van der Waals surface area contributed by atoms with Crippen molar-refractivity contribution in [3.63, 3.8) is 0 Å². The summed E-state index contributed by atoms with van der Waals surface area (Å²) in [7, 11) is 1.98. The zero-order chi connectivity index (χ0) is 10.2. The second kappa shape index (κ2) is 3.54. The van der Waals surface area contributed by atoms with Crippen molar-refractivity contribution in [2.24, 2.45) is 0 Å². The molecule has 0 unspecified atom stereocenters. The number of amides is 1. The molecule has 2 atom stereocenters. The van der Waals surface area contributed by atoms with E-state index >= 15 is 0 Å². The summed E-state index contributed by atoms with van der Waals surface area (Å²) in [4.78, 5) is 13.6. The first-order chi connectivity index (χ1) is 6.70. The number of nitrogens with one attached hydrogen (secondary N) is 1. The number of carbonyl (C=O) groups excluding carboxylic acids is 1. The molecule has 14 heavy (non-hydrogen) atoms. The normalized spacial score (nSPS) is 38.3. The van der Waals surface area contributed by atoms with Crippen molar-refractivity contribution in [2.45, 2.75) is 50.6 Å². The molecule has 2 saturated heterocycles. The zero-order valence-electron chi connectivity index (χ0n) is 9.18. The average molecular weight is 196 g/mol. The van der Waals surface area contributed by atoms with Gasteiger partial charge in [-0.3, -0.25) is 4.79 Å².